The van der Waals surface area contributed by atoms with Gasteiger partial charge in [-0.05, 0) is 44.5 Å². The molecule has 19 heavy (non-hydrogen) atoms. The second kappa shape index (κ2) is 7.98. The standard InChI is InChI=1S/C17H27NO/c1-5-7-8-13-18(14(3)4)16-11-9-15(10-12-16)17(19)6-2/h9-12,14H,5-8,13H2,1-4H3. The highest BCUT2D eigenvalue weighted by Crippen LogP contribution is 2.19. The van der Waals surface area contributed by atoms with E-state index in [1.807, 2.05) is 19.1 Å². The van der Waals surface area contributed by atoms with Crippen LogP contribution in [-0.4, -0.2) is 18.4 Å². The Morgan fingerprint density at radius 3 is 2.21 bits per heavy atom. The van der Waals surface area contributed by atoms with Crippen molar-refractivity contribution < 1.29 is 4.79 Å². The molecule has 0 saturated carbocycles. The highest BCUT2D eigenvalue weighted by atomic mass is 16.1. The molecule has 0 heterocycles. The Bertz CT molecular complexity index is 381. The molecule has 0 spiro atoms. The molecule has 0 aliphatic rings. The van der Waals surface area contributed by atoms with Gasteiger partial charge in [0.05, 0.1) is 0 Å². The number of Topliss-reactive ketones (excluding diaryl/α,β-unsaturated/α-hetero) is 1. The van der Waals surface area contributed by atoms with Crippen molar-refractivity contribution in [3.8, 4) is 0 Å². The fourth-order valence-electron chi connectivity index (χ4n) is 2.26. The molecule has 0 N–H and O–H groups in total. The molecule has 0 saturated heterocycles. The number of unbranched alkanes of at least 4 members (excludes halogenated alkanes) is 2. The van der Waals surface area contributed by atoms with E-state index in [4.69, 9.17) is 0 Å². The number of carbonyl (C=O) groups is 1. The zero-order valence-corrected chi connectivity index (χ0v) is 12.8. The summed E-state index contributed by atoms with van der Waals surface area (Å²) in [6, 6.07) is 8.56. The first-order valence-electron chi connectivity index (χ1n) is 7.50. The molecule has 0 aliphatic carbocycles. The molecular weight excluding hydrogens is 234 g/mol. The van der Waals surface area contributed by atoms with Gasteiger partial charge in [0, 0.05) is 30.3 Å². The van der Waals surface area contributed by atoms with Crippen molar-refractivity contribution in [2.45, 2.75) is 59.4 Å². The molecule has 0 radical (unpaired) electrons. The lowest BCUT2D eigenvalue weighted by molar-refractivity contribution is 0.0988. The third-order valence-corrected chi connectivity index (χ3v) is 3.47. The second-order valence-electron chi connectivity index (χ2n) is 5.32. The topological polar surface area (TPSA) is 20.3 Å². The first kappa shape index (κ1) is 15.7. The molecule has 2 nitrogen and oxygen atoms in total. The Labute approximate surface area is 117 Å². The summed E-state index contributed by atoms with van der Waals surface area (Å²) >= 11 is 0. The van der Waals surface area contributed by atoms with Crippen LogP contribution in [0.2, 0.25) is 0 Å². The Kier molecular flexibility index (Phi) is 6.61. The highest BCUT2D eigenvalue weighted by Gasteiger charge is 2.11. The van der Waals surface area contributed by atoms with Crippen molar-refractivity contribution in [1.82, 2.24) is 0 Å². The largest absolute Gasteiger partial charge is 0.369 e. The predicted molar refractivity (Wildman–Crippen MR) is 83.1 cm³/mol. The van der Waals surface area contributed by atoms with Gasteiger partial charge in [-0.3, -0.25) is 4.79 Å². The fourth-order valence-corrected chi connectivity index (χ4v) is 2.26. The number of anilines is 1. The first-order chi connectivity index (χ1) is 9.10. The molecule has 0 aliphatic heterocycles. The normalized spacial score (nSPS) is 10.8. The predicted octanol–water partition coefficient (Wildman–Crippen LogP) is 4.68. The minimum atomic E-state index is 0.216. The van der Waals surface area contributed by atoms with Crippen molar-refractivity contribution in [3.63, 3.8) is 0 Å². The average molecular weight is 261 g/mol. The molecule has 1 rings (SSSR count). The van der Waals surface area contributed by atoms with Gasteiger partial charge in [0.15, 0.2) is 5.78 Å². The summed E-state index contributed by atoms with van der Waals surface area (Å²) in [5, 5.41) is 0. The summed E-state index contributed by atoms with van der Waals surface area (Å²) in [6.45, 7) is 9.66. The van der Waals surface area contributed by atoms with Gasteiger partial charge < -0.3 is 4.90 Å². The maximum Gasteiger partial charge on any atom is 0.162 e. The summed E-state index contributed by atoms with van der Waals surface area (Å²) in [6.07, 6.45) is 4.32. The lowest BCUT2D eigenvalue weighted by Gasteiger charge is -2.29. The number of nitrogens with zero attached hydrogens (tertiary/aromatic N) is 1. The molecule has 0 atom stereocenters. The van der Waals surface area contributed by atoms with Gasteiger partial charge >= 0.3 is 0 Å². The number of hydrogen-bond donors (Lipinski definition) is 0. The van der Waals surface area contributed by atoms with E-state index >= 15 is 0 Å². The van der Waals surface area contributed by atoms with E-state index in [2.05, 4.69) is 37.8 Å². The number of ketones is 1. The Morgan fingerprint density at radius 2 is 1.74 bits per heavy atom. The zero-order valence-electron chi connectivity index (χ0n) is 12.8. The third kappa shape index (κ3) is 4.70. The lowest BCUT2D eigenvalue weighted by Crippen LogP contribution is -2.31. The molecule has 1 aromatic rings. The molecular formula is C17H27NO. The summed E-state index contributed by atoms with van der Waals surface area (Å²) < 4.78 is 0. The summed E-state index contributed by atoms with van der Waals surface area (Å²) in [5.74, 6) is 0.216. The summed E-state index contributed by atoms with van der Waals surface area (Å²) in [4.78, 5) is 14.0. The first-order valence-corrected chi connectivity index (χ1v) is 7.50. The highest BCUT2D eigenvalue weighted by molar-refractivity contribution is 5.96. The Balaban J connectivity index is 2.76. The smallest absolute Gasteiger partial charge is 0.162 e. The van der Waals surface area contributed by atoms with Crippen LogP contribution >= 0.6 is 0 Å². The second-order valence-corrected chi connectivity index (χ2v) is 5.32. The van der Waals surface area contributed by atoms with Crippen molar-refractivity contribution in [2.75, 3.05) is 11.4 Å². The van der Waals surface area contributed by atoms with E-state index in [-0.39, 0.29) is 5.78 Å². The van der Waals surface area contributed by atoms with Gasteiger partial charge in [0.1, 0.15) is 0 Å². The minimum Gasteiger partial charge on any atom is -0.369 e. The van der Waals surface area contributed by atoms with E-state index in [0.29, 0.717) is 12.5 Å². The fraction of sp³-hybridized carbons (Fsp3) is 0.588. The van der Waals surface area contributed by atoms with E-state index in [0.717, 1.165) is 12.1 Å². The lowest BCUT2D eigenvalue weighted by atomic mass is 10.1. The van der Waals surface area contributed by atoms with E-state index in [1.54, 1.807) is 0 Å². The summed E-state index contributed by atoms with van der Waals surface area (Å²) in [7, 11) is 0. The van der Waals surface area contributed by atoms with Crippen LogP contribution in [0.5, 0.6) is 0 Å². The van der Waals surface area contributed by atoms with Crippen LogP contribution in [0.3, 0.4) is 0 Å². The van der Waals surface area contributed by atoms with Crippen molar-refractivity contribution >= 4 is 11.5 Å². The van der Waals surface area contributed by atoms with Crippen LogP contribution in [-0.2, 0) is 0 Å². The van der Waals surface area contributed by atoms with Crippen LogP contribution < -0.4 is 4.90 Å². The van der Waals surface area contributed by atoms with Crippen LogP contribution in [0.15, 0.2) is 24.3 Å². The average Bonchev–Trinajstić information content (AvgIpc) is 2.42. The van der Waals surface area contributed by atoms with Crippen molar-refractivity contribution in [3.05, 3.63) is 29.8 Å². The van der Waals surface area contributed by atoms with E-state index in [1.165, 1.54) is 24.9 Å². The van der Waals surface area contributed by atoms with Gasteiger partial charge in [0.25, 0.3) is 0 Å². The van der Waals surface area contributed by atoms with Gasteiger partial charge in [-0.1, -0.05) is 26.7 Å². The number of hydrogen-bond acceptors (Lipinski definition) is 2. The van der Waals surface area contributed by atoms with E-state index in [9.17, 15) is 4.79 Å². The van der Waals surface area contributed by atoms with Gasteiger partial charge in [-0.25, -0.2) is 0 Å². The number of rotatable bonds is 8. The van der Waals surface area contributed by atoms with Crippen molar-refractivity contribution in [2.24, 2.45) is 0 Å². The summed E-state index contributed by atoms with van der Waals surface area (Å²) in [5.41, 5.74) is 2.04. The monoisotopic (exact) mass is 261 g/mol. The maximum absolute atomic E-state index is 11.6. The Morgan fingerprint density at radius 1 is 1.11 bits per heavy atom. The quantitative estimate of drug-likeness (QED) is 0.500. The third-order valence-electron chi connectivity index (χ3n) is 3.47. The molecule has 0 unspecified atom stereocenters. The van der Waals surface area contributed by atoms with Gasteiger partial charge in [0.2, 0.25) is 0 Å². The van der Waals surface area contributed by atoms with Crippen LogP contribution in [0, 0.1) is 0 Å². The zero-order chi connectivity index (χ0) is 14.3. The molecule has 106 valence electrons. The van der Waals surface area contributed by atoms with Crippen LogP contribution in [0.4, 0.5) is 5.69 Å². The Hall–Kier alpha value is -1.31. The maximum atomic E-state index is 11.6. The van der Waals surface area contributed by atoms with Gasteiger partial charge in [-0.2, -0.15) is 0 Å². The van der Waals surface area contributed by atoms with Crippen molar-refractivity contribution in [1.29, 1.82) is 0 Å². The van der Waals surface area contributed by atoms with E-state index < -0.39 is 0 Å². The van der Waals surface area contributed by atoms with Gasteiger partial charge in [-0.15, -0.1) is 0 Å². The molecule has 1 aromatic carbocycles. The number of carbonyl (C=O) groups excluding carboxylic acids is 1. The molecule has 0 bridgehead atoms. The molecule has 2 heteroatoms. The molecule has 0 amide bonds. The molecule has 0 aromatic heterocycles. The number of benzene rings is 1. The SMILES string of the molecule is CCCCCN(c1ccc(C(=O)CC)cc1)C(C)C. The van der Waals surface area contributed by atoms with Crippen LogP contribution in [0.25, 0.3) is 0 Å². The molecule has 0 fully saturated rings. The van der Waals surface area contributed by atoms with Crippen LogP contribution in [0.1, 0.15) is 63.7 Å². The minimum absolute atomic E-state index is 0.216.